The molecule has 0 saturated carbocycles. The van der Waals surface area contributed by atoms with E-state index < -0.39 is 0 Å². The number of Topliss-reactive ketones (excluding diaryl/α,β-unsaturated/α-hetero) is 1. The number of unbranched alkanes of at least 4 members (excludes halogenated alkanes) is 11. The summed E-state index contributed by atoms with van der Waals surface area (Å²) < 4.78 is 4.62. The molecule has 3 nitrogen and oxygen atoms in total. The Balaban J connectivity index is 3.08. The first-order valence-corrected chi connectivity index (χ1v) is 9.79. The predicted octanol–water partition coefficient (Wildman–Crippen LogP) is 5.99. The summed E-state index contributed by atoms with van der Waals surface area (Å²) >= 11 is 0. The third kappa shape index (κ3) is 17.3. The van der Waals surface area contributed by atoms with E-state index in [9.17, 15) is 9.59 Å². The molecule has 0 N–H and O–H groups in total. The lowest BCUT2D eigenvalue weighted by atomic mass is 10.0. The summed E-state index contributed by atoms with van der Waals surface area (Å²) in [4.78, 5) is 22.3. The van der Waals surface area contributed by atoms with E-state index in [1.807, 2.05) is 0 Å². The van der Waals surface area contributed by atoms with Gasteiger partial charge < -0.3 is 4.74 Å². The van der Waals surface area contributed by atoms with E-state index in [-0.39, 0.29) is 5.97 Å². The van der Waals surface area contributed by atoms with Gasteiger partial charge in [0.15, 0.2) is 0 Å². The minimum absolute atomic E-state index is 0.0836. The highest BCUT2D eigenvalue weighted by molar-refractivity contribution is 5.78. The lowest BCUT2D eigenvalue weighted by molar-refractivity contribution is -0.140. The molecule has 0 bridgehead atoms. The number of esters is 1. The van der Waals surface area contributed by atoms with Gasteiger partial charge in [0.05, 0.1) is 7.11 Å². The lowest BCUT2D eigenvalue weighted by Crippen LogP contribution is -1.99. The maximum atomic E-state index is 11.4. The number of ketones is 1. The van der Waals surface area contributed by atoms with Crippen molar-refractivity contribution in [3.8, 4) is 0 Å². The molecule has 136 valence electrons. The first-order chi connectivity index (χ1) is 11.2. The van der Waals surface area contributed by atoms with Crippen molar-refractivity contribution < 1.29 is 14.3 Å². The molecule has 0 aliphatic rings. The summed E-state index contributed by atoms with van der Waals surface area (Å²) in [5.41, 5.74) is 0. The number of rotatable bonds is 17. The van der Waals surface area contributed by atoms with Crippen molar-refractivity contribution in [1.29, 1.82) is 0 Å². The Morgan fingerprint density at radius 2 is 1.00 bits per heavy atom. The van der Waals surface area contributed by atoms with Gasteiger partial charge in [-0.15, -0.1) is 0 Å². The lowest BCUT2D eigenvalue weighted by Gasteiger charge is -2.03. The van der Waals surface area contributed by atoms with Crippen molar-refractivity contribution in [1.82, 2.24) is 0 Å². The molecule has 3 heteroatoms. The van der Waals surface area contributed by atoms with Gasteiger partial charge in [-0.3, -0.25) is 9.59 Å². The summed E-state index contributed by atoms with van der Waals surface area (Å²) in [5, 5.41) is 0. The van der Waals surface area contributed by atoms with Crippen LogP contribution in [0.5, 0.6) is 0 Å². The first-order valence-electron chi connectivity index (χ1n) is 9.79. The Morgan fingerprint density at radius 1 is 0.609 bits per heavy atom. The zero-order valence-electron chi connectivity index (χ0n) is 15.5. The van der Waals surface area contributed by atoms with Crippen LogP contribution in [0.1, 0.15) is 110 Å². The molecule has 0 aromatic carbocycles. The average molecular weight is 327 g/mol. The number of methoxy groups -OCH3 is 1. The number of ether oxygens (including phenoxy) is 1. The zero-order valence-corrected chi connectivity index (χ0v) is 15.5. The van der Waals surface area contributed by atoms with E-state index in [0.717, 1.165) is 38.5 Å². The summed E-state index contributed by atoms with van der Waals surface area (Å²) in [6, 6.07) is 0. The van der Waals surface area contributed by atoms with Crippen LogP contribution in [0.3, 0.4) is 0 Å². The second kappa shape index (κ2) is 17.5. The van der Waals surface area contributed by atoms with Gasteiger partial charge in [0.2, 0.25) is 0 Å². The molecule has 0 saturated heterocycles. The minimum Gasteiger partial charge on any atom is -0.469 e. The largest absolute Gasteiger partial charge is 0.469 e. The van der Waals surface area contributed by atoms with Gasteiger partial charge >= 0.3 is 5.97 Å². The highest BCUT2D eigenvalue weighted by atomic mass is 16.5. The highest BCUT2D eigenvalue weighted by Gasteiger charge is 2.00. The van der Waals surface area contributed by atoms with E-state index in [2.05, 4.69) is 11.7 Å². The second-order valence-electron chi connectivity index (χ2n) is 6.61. The first kappa shape index (κ1) is 22.1. The fourth-order valence-corrected chi connectivity index (χ4v) is 2.87. The van der Waals surface area contributed by atoms with Gasteiger partial charge in [-0.25, -0.2) is 0 Å². The summed E-state index contributed by atoms with van der Waals surface area (Å²) in [6.45, 7) is 2.07. The van der Waals surface area contributed by atoms with Crippen LogP contribution in [0.2, 0.25) is 0 Å². The van der Waals surface area contributed by atoms with Crippen LogP contribution >= 0.6 is 0 Å². The Hall–Kier alpha value is -0.860. The molecule has 0 fully saturated rings. The SMILES string of the molecule is CCCC(=O)CCCCCCCCCCCCCCC(=O)OC. The second-order valence-corrected chi connectivity index (χ2v) is 6.61. The molecular weight excluding hydrogens is 288 g/mol. The third-order valence-corrected chi connectivity index (χ3v) is 4.34. The standard InChI is InChI=1S/C20H38O3/c1-3-16-19(21)17-14-12-10-8-6-4-5-7-9-11-13-15-18-20(22)23-2/h3-18H2,1-2H3. The number of carbonyl (C=O) groups is 2. The average Bonchev–Trinajstić information content (AvgIpc) is 2.55. The van der Waals surface area contributed by atoms with Crippen LogP contribution in [0.15, 0.2) is 0 Å². The molecule has 0 amide bonds. The summed E-state index contributed by atoms with van der Waals surface area (Å²) in [6.07, 6.45) is 18.0. The Kier molecular flexibility index (Phi) is 16.8. The Labute approximate surface area is 143 Å². The predicted molar refractivity (Wildman–Crippen MR) is 96.6 cm³/mol. The quantitative estimate of drug-likeness (QED) is 0.243. The Bertz CT molecular complexity index is 287. The number of hydrogen-bond donors (Lipinski definition) is 0. The molecule has 0 radical (unpaired) electrons. The molecule has 0 aliphatic heterocycles. The number of carbonyl (C=O) groups excluding carboxylic acids is 2. The van der Waals surface area contributed by atoms with Gasteiger partial charge in [-0.05, 0) is 19.3 Å². The van der Waals surface area contributed by atoms with E-state index in [0.29, 0.717) is 12.2 Å². The van der Waals surface area contributed by atoms with Crippen LogP contribution in [0.25, 0.3) is 0 Å². The van der Waals surface area contributed by atoms with Crippen LogP contribution in [-0.4, -0.2) is 18.9 Å². The third-order valence-electron chi connectivity index (χ3n) is 4.34. The molecule has 0 heterocycles. The molecular formula is C20H38O3. The smallest absolute Gasteiger partial charge is 0.305 e. The summed E-state index contributed by atoms with van der Waals surface area (Å²) in [7, 11) is 1.45. The van der Waals surface area contributed by atoms with Crippen molar-refractivity contribution in [2.75, 3.05) is 7.11 Å². The van der Waals surface area contributed by atoms with Crippen LogP contribution in [-0.2, 0) is 14.3 Å². The van der Waals surface area contributed by atoms with Crippen LogP contribution in [0.4, 0.5) is 0 Å². The highest BCUT2D eigenvalue weighted by Crippen LogP contribution is 2.13. The van der Waals surface area contributed by atoms with E-state index >= 15 is 0 Å². The maximum absolute atomic E-state index is 11.4. The van der Waals surface area contributed by atoms with Gasteiger partial charge in [0.1, 0.15) is 5.78 Å². The van der Waals surface area contributed by atoms with E-state index in [4.69, 9.17) is 0 Å². The molecule has 0 atom stereocenters. The van der Waals surface area contributed by atoms with Crippen molar-refractivity contribution in [2.45, 2.75) is 110 Å². The zero-order chi connectivity index (χ0) is 17.2. The van der Waals surface area contributed by atoms with Crippen molar-refractivity contribution in [3.05, 3.63) is 0 Å². The van der Waals surface area contributed by atoms with Crippen molar-refractivity contribution in [3.63, 3.8) is 0 Å². The molecule has 0 spiro atoms. The molecule has 0 aliphatic carbocycles. The fraction of sp³-hybridized carbons (Fsp3) is 0.900. The number of hydrogen-bond acceptors (Lipinski definition) is 3. The van der Waals surface area contributed by atoms with E-state index in [1.54, 1.807) is 0 Å². The summed E-state index contributed by atoms with van der Waals surface area (Å²) in [5.74, 6) is 0.360. The maximum Gasteiger partial charge on any atom is 0.305 e. The molecule has 0 aromatic heterocycles. The Morgan fingerprint density at radius 3 is 1.39 bits per heavy atom. The van der Waals surface area contributed by atoms with Crippen LogP contribution in [0, 0.1) is 0 Å². The van der Waals surface area contributed by atoms with E-state index in [1.165, 1.54) is 64.9 Å². The normalized spacial score (nSPS) is 10.7. The monoisotopic (exact) mass is 326 g/mol. The molecule has 0 rings (SSSR count). The van der Waals surface area contributed by atoms with Gasteiger partial charge in [-0.2, -0.15) is 0 Å². The minimum atomic E-state index is -0.0836. The van der Waals surface area contributed by atoms with Crippen molar-refractivity contribution >= 4 is 11.8 Å². The molecule has 0 aromatic rings. The van der Waals surface area contributed by atoms with Crippen LogP contribution < -0.4 is 0 Å². The van der Waals surface area contributed by atoms with Crippen molar-refractivity contribution in [2.24, 2.45) is 0 Å². The molecule has 23 heavy (non-hydrogen) atoms. The van der Waals surface area contributed by atoms with Gasteiger partial charge in [0, 0.05) is 19.3 Å². The van der Waals surface area contributed by atoms with Gasteiger partial charge in [-0.1, -0.05) is 71.1 Å². The fourth-order valence-electron chi connectivity index (χ4n) is 2.87. The topological polar surface area (TPSA) is 43.4 Å². The molecule has 0 unspecified atom stereocenters. The van der Waals surface area contributed by atoms with Gasteiger partial charge in [0.25, 0.3) is 0 Å².